The molecular formula is C24H29NO7. The van der Waals surface area contributed by atoms with Gasteiger partial charge >= 0.3 is 0 Å². The largest absolute Gasteiger partial charge is 0.491 e. The van der Waals surface area contributed by atoms with Gasteiger partial charge in [0.05, 0.1) is 45.3 Å². The van der Waals surface area contributed by atoms with Crippen LogP contribution < -0.4 is 15.0 Å². The normalized spacial score (nSPS) is 22.7. The molecule has 0 radical (unpaired) electrons. The fraction of sp³-hybridized carbons (Fsp3) is 0.542. The molecule has 2 saturated heterocycles. The number of aryl methyl sites for hydroxylation is 1. The van der Waals surface area contributed by atoms with Gasteiger partial charge in [-0.2, -0.15) is 0 Å². The second-order valence-corrected chi connectivity index (χ2v) is 8.30. The molecule has 0 amide bonds. The van der Waals surface area contributed by atoms with E-state index >= 15 is 0 Å². The van der Waals surface area contributed by atoms with Gasteiger partial charge in [0.1, 0.15) is 36.9 Å². The average Bonchev–Trinajstić information content (AvgIpc) is 2.84. The summed E-state index contributed by atoms with van der Waals surface area (Å²) < 4.78 is 36.0. The fourth-order valence-corrected chi connectivity index (χ4v) is 4.41. The zero-order chi connectivity index (χ0) is 21.9. The van der Waals surface area contributed by atoms with Crippen LogP contribution in [0.2, 0.25) is 0 Å². The van der Waals surface area contributed by atoms with Crippen molar-refractivity contribution in [3.8, 4) is 22.8 Å². The van der Waals surface area contributed by atoms with Gasteiger partial charge in [-0.05, 0) is 37.1 Å². The van der Waals surface area contributed by atoms with Crippen molar-refractivity contribution in [1.82, 2.24) is 4.57 Å². The highest BCUT2D eigenvalue weighted by Gasteiger charge is 2.24. The molecule has 1 aromatic carbocycles. The Kier molecular flexibility index (Phi) is 6.45. The minimum absolute atomic E-state index is 0.0421. The molecule has 0 N–H and O–H groups in total. The van der Waals surface area contributed by atoms with Crippen molar-refractivity contribution in [3.05, 3.63) is 45.7 Å². The minimum atomic E-state index is -0.118. The number of nitrogens with zero attached hydrogens (tertiary/aromatic N) is 1. The summed E-state index contributed by atoms with van der Waals surface area (Å²) in [6.45, 7) is 6.93. The maximum absolute atomic E-state index is 12.8. The van der Waals surface area contributed by atoms with Gasteiger partial charge in [0.25, 0.3) is 5.56 Å². The molecule has 1 aromatic heterocycles. The molecule has 8 nitrogen and oxygen atoms in total. The number of aromatic nitrogens is 1. The lowest BCUT2D eigenvalue weighted by molar-refractivity contribution is -0.101. The Morgan fingerprint density at radius 2 is 1.69 bits per heavy atom. The lowest BCUT2D eigenvalue weighted by atomic mass is 9.94. The second kappa shape index (κ2) is 9.62. The van der Waals surface area contributed by atoms with E-state index in [-0.39, 0.29) is 17.8 Å². The summed E-state index contributed by atoms with van der Waals surface area (Å²) in [5.41, 5.74) is 4.00. The third kappa shape index (κ3) is 4.54. The SMILES string of the molecule is Cc1c(OCC2COCCO2)cc(=O)n2c1-c1ccc(OCC3COCCO3)cc1CC2. The summed E-state index contributed by atoms with van der Waals surface area (Å²) in [6.07, 6.45) is 0.613. The molecule has 2 unspecified atom stereocenters. The molecule has 4 heterocycles. The number of benzene rings is 1. The van der Waals surface area contributed by atoms with E-state index in [0.29, 0.717) is 65.1 Å². The van der Waals surface area contributed by atoms with Crippen LogP contribution in [0.5, 0.6) is 11.5 Å². The third-order valence-electron chi connectivity index (χ3n) is 6.08. The molecule has 2 fully saturated rings. The van der Waals surface area contributed by atoms with E-state index < -0.39 is 0 Å². The zero-order valence-electron chi connectivity index (χ0n) is 18.3. The van der Waals surface area contributed by atoms with Gasteiger partial charge in [0, 0.05) is 23.7 Å². The first-order chi connectivity index (χ1) is 15.7. The van der Waals surface area contributed by atoms with Crippen LogP contribution >= 0.6 is 0 Å². The molecule has 0 aliphatic carbocycles. The van der Waals surface area contributed by atoms with Gasteiger partial charge in [0.2, 0.25) is 0 Å². The predicted octanol–water partition coefficient (Wildman–Crippen LogP) is 1.97. The van der Waals surface area contributed by atoms with Gasteiger partial charge in [-0.3, -0.25) is 4.79 Å². The number of fused-ring (bicyclic) bond motifs is 3. The number of pyridine rings is 1. The third-order valence-corrected chi connectivity index (χ3v) is 6.08. The van der Waals surface area contributed by atoms with Crippen molar-refractivity contribution >= 4 is 0 Å². The van der Waals surface area contributed by atoms with Gasteiger partial charge < -0.3 is 33.0 Å². The van der Waals surface area contributed by atoms with Gasteiger partial charge in [0.15, 0.2) is 0 Å². The van der Waals surface area contributed by atoms with Crippen molar-refractivity contribution in [2.24, 2.45) is 0 Å². The van der Waals surface area contributed by atoms with Crippen molar-refractivity contribution in [3.63, 3.8) is 0 Å². The highest BCUT2D eigenvalue weighted by atomic mass is 16.6. The Hall–Kier alpha value is -2.39. The van der Waals surface area contributed by atoms with E-state index in [9.17, 15) is 4.79 Å². The predicted molar refractivity (Wildman–Crippen MR) is 117 cm³/mol. The summed E-state index contributed by atoms with van der Waals surface area (Å²) in [7, 11) is 0. The van der Waals surface area contributed by atoms with Crippen LogP contribution in [0.25, 0.3) is 11.3 Å². The van der Waals surface area contributed by atoms with E-state index in [4.69, 9.17) is 28.4 Å². The van der Waals surface area contributed by atoms with Gasteiger partial charge in [-0.15, -0.1) is 0 Å². The highest BCUT2D eigenvalue weighted by molar-refractivity contribution is 5.71. The molecule has 0 bridgehead atoms. The monoisotopic (exact) mass is 443 g/mol. The molecule has 32 heavy (non-hydrogen) atoms. The maximum Gasteiger partial charge on any atom is 0.254 e. The van der Waals surface area contributed by atoms with E-state index in [2.05, 4.69) is 6.07 Å². The standard InChI is InChI=1S/C24H29NO7/c1-16-22(32-15-20-13-28-7-9-30-20)11-23(26)25-5-4-17-10-18(2-3-21(17)24(16)25)31-14-19-12-27-6-8-29-19/h2-3,10-11,19-20H,4-9,12-15H2,1H3. The topological polar surface area (TPSA) is 77.4 Å². The van der Waals surface area contributed by atoms with E-state index in [1.165, 1.54) is 0 Å². The van der Waals surface area contributed by atoms with Crippen molar-refractivity contribution in [2.75, 3.05) is 52.9 Å². The maximum atomic E-state index is 12.8. The van der Waals surface area contributed by atoms with E-state index in [0.717, 1.165) is 34.6 Å². The number of hydrogen-bond donors (Lipinski definition) is 0. The molecule has 8 heteroatoms. The molecule has 2 aromatic rings. The first-order valence-electron chi connectivity index (χ1n) is 11.2. The Morgan fingerprint density at radius 3 is 2.38 bits per heavy atom. The molecule has 3 aliphatic heterocycles. The first kappa shape index (κ1) is 21.5. The lowest BCUT2D eigenvalue weighted by Crippen LogP contribution is -2.34. The van der Waals surface area contributed by atoms with Gasteiger partial charge in [-0.25, -0.2) is 0 Å². The van der Waals surface area contributed by atoms with Crippen LogP contribution in [0.4, 0.5) is 0 Å². The van der Waals surface area contributed by atoms with Crippen LogP contribution in [0.1, 0.15) is 11.1 Å². The highest BCUT2D eigenvalue weighted by Crippen LogP contribution is 2.36. The number of ether oxygens (including phenoxy) is 6. The molecule has 0 spiro atoms. The molecule has 0 saturated carbocycles. The minimum Gasteiger partial charge on any atom is -0.491 e. The van der Waals surface area contributed by atoms with Crippen LogP contribution in [0, 0.1) is 6.92 Å². The summed E-state index contributed by atoms with van der Waals surface area (Å²) in [5, 5.41) is 0. The van der Waals surface area contributed by atoms with Crippen molar-refractivity contribution in [2.45, 2.75) is 32.1 Å². The first-order valence-corrected chi connectivity index (χ1v) is 11.2. The Morgan fingerprint density at radius 1 is 0.969 bits per heavy atom. The molecule has 172 valence electrons. The zero-order valence-corrected chi connectivity index (χ0v) is 18.3. The molecular weight excluding hydrogens is 414 g/mol. The van der Waals surface area contributed by atoms with Crippen LogP contribution in [-0.4, -0.2) is 69.6 Å². The smallest absolute Gasteiger partial charge is 0.254 e. The average molecular weight is 443 g/mol. The molecule has 3 aliphatic rings. The summed E-state index contributed by atoms with van der Waals surface area (Å²) in [5.74, 6) is 1.39. The van der Waals surface area contributed by atoms with Gasteiger partial charge in [-0.1, -0.05) is 0 Å². The Bertz CT molecular complexity index is 1010. The number of rotatable bonds is 6. The Labute approximate surface area is 186 Å². The van der Waals surface area contributed by atoms with E-state index in [1.54, 1.807) is 6.07 Å². The summed E-state index contributed by atoms with van der Waals surface area (Å²) in [4.78, 5) is 12.8. The van der Waals surface area contributed by atoms with Crippen LogP contribution in [-0.2, 0) is 31.9 Å². The summed E-state index contributed by atoms with van der Waals surface area (Å²) in [6, 6.07) is 7.62. The van der Waals surface area contributed by atoms with Crippen LogP contribution in [0.3, 0.4) is 0 Å². The molecule has 5 rings (SSSR count). The Balaban J connectivity index is 1.35. The number of hydrogen-bond acceptors (Lipinski definition) is 7. The quantitative estimate of drug-likeness (QED) is 0.676. The fourth-order valence-electron chi connectivity index (χ4n) is 4.41. The lowest BCUT2D eigenvalue weighted by Gasteiger charge is -2.27. The van der Waals surface area contributed by atoms with Crippen LogP contribution in [0.15, 0.2) is 29.1 Å². The van der Waals surface area contributed by atoms with Crippen molar-refractivity contribution in [1.29, 1.82) is 0 Å². The van der Waals surface area contributed by atoms with E-state index in [1.807, 2.05) is 23.6 Å². The molecule has 2 atom stereocenters. The summed E-state index contributed by atoms with van der Waals surface area (Å²) >= 11 is 0. The van der Waals surface area contributed by atoms with Crippen molar-refractivity contribution < 1.29 is 28.4 Å². The second-order valence-electron chi connectivity index (χ2n) is 8.30.